The normalized spacial score (nSPS) is 18.1. The maximum atomic E-state index is 12.0. The lowest BCUT2D eigenvalue weighted by Gasteiger charge is -2.20. The van der Waals surface area contributed by atoms with E-state index in [2.05, 4.69) is 5.32 Å². The van der Waals surface area contributed by atoms with Gasteiger partial charge in [0.2, 0.25) is 6.41 Å². The molecular weight excluding hydrogens is 248 g/mol. The minimum absolute atomic E-state index is 0.0909. The number of urea groups is 1. The van der Waals surface area contributed by atoms with E-state index in [0.717, 1.165) is 16.9 Å². The van der Waals surface area contributed by atoms with Crippen LogP contribution < -0.4 is 5.32 Å². The summed E-state index contributed by atoms with van der Waals surface area (Å²) < 4.78 is 10.1. The Morgan fingerprint density at radius 2 is 2.42 bits per heavy atom. The van der Waals surface area contributed by atoms with Crippen LogP contribution in [0.15, 0.2) is 24.3 Å². The molecule has 102 valence electrons. The van der Waals surface area contributed by atoms with Crippen LogP contribution in [0.1, 0.15) is 12.5 Å². The number of hydrogen-bond acceptors (Lipinski definition) is 4. The quantitative estimate of drug-likeness (QED) is 0.838. The van der Waals surface area contributed by atoms with Gasteiger partial charge in [0.25, 0.3) is 0 Å². The van der Waals surface area contributed by atoms with Crippen molar-refractivity contribution in [2.24, 2.45) is 0 Å². The summed E-state index contributed by atoms with van der Waals surface area (Å²) in [4.78, 5) is 23.9. The SMILES string of the molecule is CCc1cccc(NC(=O)N(C=O)C2COCO2)c1. The number of carbonyl (C=O) groups is 2. The molecule has 0 bridgehead atoms. The molecule has 1 aliphatic heterocycles. The first kappa shape index (κ1) is 13.5. The van der Waals surface area contributed by atoms with E-state index >= 15 is 0 Å². The molecule has 3 amide bonds. The molecule has 6 nitrogen and oxygen atoms in total. The van der Waals surface area contributed by atoms with Gasteiger partial charge in [-0.3, -0.25) is 4.79 Å². The van der Waals surface area contributed by atoms with Gasteiger partial charge in [-0.15, -0.1) is 0 Å². The summed E-state index contributed by atoms with van der Waals surface area (Å²) in [5, 5.41) is 2.66. The average molecular weight is 264 g/mol. The van der Waals surface area contributed by atoms with Crippen LogP contribution in [0.25, 0.3) is 0 Å². The Morgan fingerprint density at radius 1 is 1.58 bits per heavy atom. The van der Waals surface area contributed by atoms with Gasteiger partial charge in [-0.2, -0.15) is 0 Å². The number of nitrogens with one attached hydrogen (secondary N) is 1. The molecule has 1 saturated heterocycles. The highest BCUT2D eigenvalue weighted by Crippen LogP contribution is 2.14. The van der Waals surface area contributed by atoms with Gasteiger partial charge < -0.3 is 14.8 Å². The second-order valence-corrected chi connectivity index (χ2v) is 4.11. The Labute approximate surface area is 111 Å². The molecule has 0 aromatic heterocycles. The summed E-state index contributed by atoms with van der Waals surface area (Å²) in [5.74, 6) is 0. The van der Waals surface area contributed by atoms with E-state index in [1.165, 1.54) is 0 Å². The number of aryl methyl sites for hydroxylation is 1. The number of rotatable bonds is 4. The van der Waals surface area contributed by atoms with Crippen LogP contribution in [0.2, 0.25) is 0 Å². The van der Waals surface area contributed by atoms with Crippen LogP contribution in [0, 0.1) is 0 Å². The third-order valence-electron chi connectivity index (χ3n) is 2.85. The number of carbonyl (C=O) groups excluding carboxylic acids is 2. The van der Waals surface area contributed by atoms with Gasteiger partial charge in [0, 0.05) is 5.69 Å². The highest BCUT2D eigenvalue weighted by atomic mass is 16.7. The van der Waals surface area contributed by atoms with Crippen molar-refractivity contribution in [1.82, 2.24) is 4.90 Å². The molecule has 1 atom stereocenters. The van der Waals surface area contributed by atoms with E-state index in [0.29, 0.717) is 12.1 Å². The summed E-state index contributed by atoms with van der Waals surface area (Å²) in [7, 11) is 0. The molecule has 1 N–H and O–H groups in total. The molecule has 0 radical (unpaired) electrons. The van der Waals surface area contributed by atoms with E-state index < -0.39 is 12.3 Å². The average Bonchev–Trinajstić information content (AvgIpc) is 2.93. The van der Waals surface area contributed by atoms with Crippen molar-refractivity contribution in [1.29, 1.82) is 0 Å². The number of imide groups is 1. The zero-order valence-corrected chi connectivity index (χ0v) is 10.7. The van der Waals surface area contributed by atoms with E-state index in [9.17, 15) is 9.59 Å². The summed E-state index contributed by atoms with van der Waals surface area (Å²) in [6, 6.07) is 6.94. The zero-order chi connectivity index (χ0) is 13.7. The lowest BCUT2D eigenvalue weighted by Crippen LogP contribution is -2.43. The summed E-state index contributed by atoms with van der Waals surface area (Å²) in [6.45, 7) is 2.32. The van der Waals surface area contributed by atoms with Crippen molar-refractivity contribution in [2.45, 2.75) is 19.6 Å². The van der Waals surface area contributed by atoms with Crippen LogP contribution >= 0.6 is 0 Å². The Balaban J connectivity index is 2.03. The first-order chi connectivity index (χ1) is 9.24. The highest BCUT2D eigenvalue weighted by Gasteiger charge is 2.28. The summed E-state index contributed by atoms with van der Waals surface area (Å²) in [6.07, 6.45) is 0.658. The molecule has 1 fully saturated rings. The fraction of sp³-hybridized carbons (Fsp3) is 0.385. The minimum atomic E-state index is -0.660. The molecule has 19 heavy (non-hydrogen) atoms. The molecule has 1 aromatic carbocycles. The van der Waals surface area contributed by atoms with Crippen LogP contribution in [-0.4, -0.2) is 37.0 Å². The predicted molar refractivity (Wildman–Crippen MR) is 68.4 cm³/mol. The van der Waals surface area contributed by atoms with Gasteiger partial charge in [-0.1, -0.05) is 19.1 Å². The number of anilines is 1. The number of hydrogen-bond donors (Lipinski definition) is 1. The first-order valence-electron chi connectivity index (χ1n) is 6.07. The second kappa shape index (κ2) is 6.31. The molecule has 1 aromatic rings. The molecule has 1 unspecified atom stereocenters. The molecule has 0 aliphatic carbocycles. The Hall–Kier alpha value is -1.92. The molecular formula is C13H16N2O4. The third-order valence-corrected chi connectivity index (χ3v) is 2.85. The van der Waals surface area contributed by atoms with E-state index in [4.69, 9.17) is 9.47 Å². The predicted octanol–water partition coefficient (Wildman–Crippen LogP) is 1.57. The number of amides is 3. The largest absolute Gasteiger partial charge is 0.351 e. The summed E-state index contributed by atoms with van der Waals surface area (Å²) >= 11 is 0. The van der Waals surface area contributed by atoms with Crippen LogP contribution in [0.3, 0.4) is 0 Å². The van der Waals surface area contributed by atoms with Gasteiger partial charge in [-0.05, 0) is 24.1 Å². The number of nitrogens with zero attached hydrogens (tertiary/aromatic N) is 1. The van der Waals surface area contributed by atoms with Crippen molar-refractivity contribution in [3.63, 3.8) is 0 Å². The van der Waals surface area contributed by atoms with Crippen LogP contribution in [0.5, 0.6) is 0 Å². The van der Waals surface area contributed by atoms with Gasteiger partial charge in [0.05, 0.1) is 6.61 Å². The van der Waals surface area contributed by atoms with Crippen molar-refractivity contribution in [3.05, 3.63) is 29.8 Å². The van der Waals surface area contributed by atoms with Gasteiger partial charge in [0.1, 0.15) is 6.79 Å². The third kappa shape index (κ3) is 3.30. The monoisotopic (exact) mass is 264 g/mol. The van der Waals surface area contributed by atoms with Gasteiger partial charge >= 0.3 is 6.03 Å². The zero-order valence-electron chi connectivity index (χ0n) is 10.7. The lowest BCUT2D eigenvalue weighted by molar-refractivity contribution is -0.122. The molecule has 0 spiro atoms. The Morgan fingerprint density at radius 3 is 3.05 bits per heavy atom. The Kier molecular flexibility index (Phi) is 4.48. The molecule has 2 rings (SSSR count). The van der Waals surface area contributed by atoms with Gasteiger partial charge in [-0.25, -0.2) is 9.69 Å². The molecule has 0 saturated carbocycles. The highest BCUT2D eigenvalue weighted by molar-refractivity contribution is 5.95. The smallest absolute Gasteiger partial charge is 0.330 e. The van der Waals surface area contributed by atoms with Crippen molar-refractivity contribution in [3.8, 4) is 0 Å². The standard InChI is InChI=1S/C13H16N2O4/c1-2-10-4-3-5-11(6-10)14-13(17)15(8-16)12-7-18-9-19-12/h3-6,8,12H,2,7,9H2,1H3,(H,14,17). The van der Waals surface area contributed by atoms with E-state index in [1.807, 2.05) is 25.1 Å². The van der Waals surface area contributed by atoms with Crippen LogP contribution in [0.4, 0.5) is 10.5 Å². The maximum absolute atomic E-state index is 12.0. The lowest BCUT2D eigenvalue weighted by atomic mass is 10.1. The second-order valence-electron chi connectivity index (χ2n) is 4.11. The van der Waals surface area contributed by atoms with E-state index in [1.54, 1.807) is 6.07 Å². The van der Waals surface area contributed by atoms with E-state index in [-0.39, 0.29) is 13.4 Å². The fourth-order valence-electron chi connectivity index (χ4n) is 1.79. The minimum Gasteiger partial charge on any atom is -0.351 e. The van der Waals surface area contributed by atoms with Crippen molar-refractivity contribution < 1.29 is 19.1 Å². The van der Waals surface area contributed by atoms with Crippen LogP contribution in [-0.2, 0) is 20.7 Å². The first-order valence-corrected chi connectivity index (χ1v) is 6.07. The van der Waals surface area contributed by atoms with Crippen molar-refractivity contribution >= 4 is 18.1 Å². The number of ether oxygens (including phenoxy) is 2. The Bertz CT molecular complexity index is 458. The molecule has 1 aliphatic rings. The number of benzene rings is 1. The molecule has 1 heterocycles. The fourth-order valence-corrected chi connectivity index (χ4v) is 1.79. The maximum Gasteiger partial charge on any atom is 0.330 e. The molecule has 6 heteroatoms. The van der Waals surface area contributed by atoms with Crippen molar-refractivity contribution in [2.75, 3.05) is 18.7 Å². The topological polar surface area (TPSA) is 67.9 Å². The van der Waals surface area contributed by atoms with Gasteiger partial charge in [0.15, 0.2) is 6.23 Å². The summed E-state index contributed by atoms with van der Waals surface area (Å²) in [5.41, 5.74) is 1.76.